The summed E-state index contributed by atoms with van der Waals surface area (Å²) in [6, 6.07) is 0. The Hall–Kier alpha value is -1.35. The van der Waals surface area contributed by atoms with Gasteiger partial charge in [0, 0.05) is 25.5 Å². The van der Waals surface area contributed by atoms with E-state index in [0.29, 0.717) is 5.92 Å². The van der Waals surface area contributed by atoms with Crippen LogP contribution in [0.5, 0.6) is 0 Å². The van der Waals surface area contributed by atoms with Crippen molar-refractivity contribution in [1.82, 2.24) is 4.90 Å². The molecule has 0 N–H and O–H groups in total. The Morgan fingerprint density at radius 3 is 2.65 bits per heavy atom. The van der Waals surface area contributed by atoms with E-state index in [4.69, 9.17) is 4.74 Å². The van der Waals surface area contributed by atoms with E-state index in [1.54, 1.807) is 12.4 Å². The van der Waals surface area contributed by atoms with Gasteiger partial charge in [0.25, 0.3) is 0 Å². The molecule has 0 atom stereocenters. The van der Waals surface area contributed by atoms with Crippen molar-refractivity contribution in [3.05, 3.63) is 36.7 Å². The van der Waals surface area contributed by atoms with E-state index in [2.05, 4.69) is 42.6 Å². The number of allylic oxidation sites excluding steroid dienone is 3. The number of aliphatic imine (C=N–C) groups is 1. The highest BCUT2D eigenvalue weighted by molar-refractivity contribution is 5.73. The van der Waals surface area contributed by atoms with Crippen molar-refractivity contribution in [2.45, 2.75) is 13.8 Å². The molecule has 0 aromatic carbocycles. The number of morpholine rings is 1. The molecule has 0 amide bonds. The molecule has 0 aliphatic carbocycles. The van der Waals surface area contributed by atoms with Crippen LogP contribution in [-0.4, -0.2) is 37.4 Å². The van der Waals surface area contributed by atoms with Gasteiger partial charge in [-0.05, 0) is 29.8 Å². The highest BCUT2D eigenvalue weighted by atomic mass is 16.5. The van der Waals surface area contributed by atoms with E-state index in [9.17, 15) is 0 Å². The van der Waals surface area contributed by atoms with Crippen molar-refractivity contribution in [2.24, 2.45) is 10.9 Å². The van der Waals surface area contributed by atoms with Gasteiger partial charge in [0.05, 0.1) is 13.2 Å². The van der Waals surface area contributed by atoms with Crippen LogP contribution >= 0.6 is 0 Å². The second kappa shape index (κ2) is 7.85. The minimum absolute atomic E-state index is 0.489. The van der Waals surface area contributed by atoms with Gasteiger partial charge in [-0.15, -0.1) is 0 Å². The molecule has 0 bridgehead atoms. The predicted molar refractivity (Wildman–Crippen MR) is 73.1 cm³/mol. The lowest BCUT2D eigenvalue weighted by Gasteiger charge is -2.25. The van der Waals surface area contributed by atoms with Crippen LogP contribution in [0, 0.1) is 5.92 Å². The molecule has 3 nitrogen and oxygen atoms in total. The zero-order chi connectivity index (χ0) is 12.5. The molecule has 3 heteroatoms. The summed E-state index contributed by atoms with van der Waals surface area (Å²) in [5, 5.41) is 0. The van der Waals surface area contributed by atoms with Crippen molar-refractivity contribution < 1.29 is 4.74 Å². The molecule has 0 unspecified atom stereocenters. The molecule has 17 heavy (non-hydrogen) atoms. The minimum atomic E-state index is 0.489. The largest absolute Gasteiger partial charge is 0.378 e. The summed E-state index contributed by atoms with van der Waals surface area (Å²) in [6.45, 7) is 11.5. The van der Waals surface area contributed by atoms with Crippen LogP contribution < -0.4 is 0 Å². The highest BCUT2D eigenvalue weighted by Crippen LogP contribution is 2.11. The fourth-order valence-corrected chi connectivity index (χ4v) is 1.55. The average Bonchev–Trinajstić information content (AvgIpc) is 2.34. The molecule has 0 aromatic rings. The van der Waals surface area contributed by atoms with Crippen molar-refractivity contribution in [1.29, 1.82) is 0 Å². The van der Waals surface area contributed by atoms with Crippen LogP contribution in [0.3, 0.4) is 0 Å². The topological polar surface area (TPSA) is 24.8 Å². The average molecular weight is 234 g/mol. The maximum Gasteiger partial charge on any atom is 0.0642 e. The molecule has 1 heterocycles. The molecule has 1 saturated heterocycles. The number of rotatable bonds is 5. The first-order valence-corrected chi connectivity index (χ1v) is 6.08. The van der Waals surface area contributed by atoms with Crippen molar-refractivity contribution in [2.75, 3.05) is 26.3 Å². The molecule has 1 fully saturated rings. The Balaban J connectivity index is 2.58. The summed E-state index contributed by atoms with van der Waals surface area (Å²) >= 11 is 0. The monoisotopic (exact) mass is 234 g/mol. The van der Waals surface area contributed by atoms with Gasteiger partial charge in [-0.2, -0.15) is 0 Å². The first-order valence-electron chi connectivity index (χ1n) is 6.08. The number of hydrogen-bond acceptors (Lipinski definition) is 3. The lowest BCUT2D eigenvalue weighted by Crippen LogP contribution is -2.32. The quantitative estimate of drug-likeness (QED) is 0.539. The molecule has 94 valence electrons. The first-order chi connectivity index (χ1) is 8.24. The van der Waals surface area contributed by atoms with Crippen molar-refractivity contribution >= 4 is 6.21 Å². The molecule has 0 saturated carbocycles. The maximum atomic E-state index is 5.31. The Morgan fingerprint density at radius 1 is 1.35 bits per heavy atom. The van der Waals surface area contributed by atoms with Gasteiger partial charge in [0.2, 0.25) is 0 Å². The Morgan fingerprint density at radius 2 is 2.06 bits per heavy atom. The van der Waals surface area contributed by atoms with Gasteiger partial charge < -0.3 is 9.64 Å². The smallest absolute Gasteiger partial charge is 0.0642 e. The van der Waals surface area contributed by atoms with Crippen molar-refractivity contribution in [3.63, 3.8) is 0 Å². The molecule has 1 rings (SSSR count). The Kier molecular flexibility index (Phi) is 6.33. The summed E-state index contributed by atoms with van der Waals surface area (Å²) in [5.41, 5.74) is 1.27. The van der Waals surface area contributed by atoms with E-state index < -0.39 is 0 Å². The van der Waals surface area contributed by atoms with Crippen LogP contribution in [0.4, 0.5) is 0 Å². The summed E-state index contributed by atoms with van der Waals surface area (Å²) in [4.78, 5) is 6.27. The third-order valence-corrected chi connectivity index (χ3v) is 2.65. The fourth-order valence-electron chi connectivity index (χ4n) is 1.55. The van der Waals surface area contributed by atoms with Gasteiger partial charge in [-0.25, -0.2) is 0 Å². The van der Waals surface area contributed by atoms with Crippen LogP contribution in [0.25, 0.3) is 0 Å². The number of nitrogens with zero attached hydrogens (tertiary/aromatic N) is 2. The first kappa shape index (κ1) is 13.7. The zero-order valence-corrected chi connectivity index (χ0v) is 10.8. The van der Waals surface area contributed by atoms with Crippen LogP contribution in [0.15, 0.2) is 41.7 Å². The summed E-state index contributed by atoms with van der Waals surface area (Å²) < 4.78 is 5.31. The lowest BCUT2D eigenvalue weighted by molar-refractivity contribution is 0.0593. The van der Waals surface area contributed by atoms with Gasteiger partial charge in [0.1, 0.15) is 0 Å². The van der Waals surface area contributed by atoms with E-state index in [-0.39, 0.29) is 0 Å². The molecular weight excluding hydrogens is 212 g/mol. The van der Waals surface area contributed by atoms with E-state index in [1.165, 1.54) is 5.57 Å². The molecule has 1 aliphatic rings. The summed E-state index contributed by atoms with van der Waals surface area (Å²) in [6.07, 6.45) is 9.66. The second-order valence-electron chi connectivity index (χ2n) is 4.27. The van der Waals surface area contributed by atoms with Gasteiger partial charge >= 0.3 is 0 Å². The van der Waals surface area contributed by atoms with Crippen LogP contribution in [0.2, 0.25) is 0 Å². The normalized spacial score (nSPS) is 18.5. The third kappa shape index (κ3) is 5.50. The fraction of sp³-hybridized carbons (Fsp3) is 0.500. The SMILES string of the molecule is C=C\N=C/C=C(/C=C/N1CCOCC1)C(C)C. The molecule has 1 aliphatic heterocycles. The van der Waals surface area contributed by atoms with Crippen molar-refractivity contribution in [3.8, 4) is 0 Å². The lowest BCUT2D eigenvalue weighted by atomic mass is 10.0. The molecule has 0 radical (unpaired) electrons. The van der Waals surface area contributed by atoms with Crippen LogP contribution in [-0.2, 0) is 4.74 Å². The number of ether oxygens (including phenoxy) is 1. The van der Waals surface area contributed by atoms with E-state index in [1.807, 2.05) is 6.08 Å². The predicted octanol–water partition coefficient (Wildman–Crippen LogP) is 2.63. The molecule has 0 spiro atoms. The van der Waals surface area contributed by atoms with Gasteiger partial charge in [0.15, 0.2) is 0 Å². The second-order valence-corrected chi connectivity index (χ2v) is 4.27. The summed E-state index contributed by atoms with van der Waals surface area (Å²) in [5.74, 6) is 0.489. The van der Waals surface area contributed by atoms with Gasteiger partial charge in [-0.1, -0.05) is 20.4 Å². The van der Waals surface area contributed by atoms with E-state index >= 15 is 0 Å². The Labute approximate surface area is 104 Å². The Bertz CT molecular complexity index is 310. The van der Waals surface area contributed by atoms with Crippen LogP contribution in [0.1, 0.15) is 13.8 Å². The standard InChI is InChI=1S/C14H22N2O/c1-4-15-7-5-14(13(2)3)6-8-16-9-11-17-12-10-16/h4-8,13H,1,9-12H2,2-3H3/b8-6+,14-5-,15-7-. The third-order valence-electron chi connectivity index (χ3n) is 2.65. The van der Waals surface area contributed by atoms with Gasteiger partial charge in [-0.3, -0.25) is 4.99 Å². The molecule has 0 aromatic heterocycles. The summed E-state index contributed by atoms with van der Waals surface area (Å²) in [7, 11) is 0. The maximum absolute atomic E-state index is 5.31. The molecular formula is C14H22N2O. The number of hydrogen-bond donors (Lipinski definition) is 0. The highest BCUT2D eigenvalue weighted by Gasteiger charge is 2.05. The van der Waals surface area contributed by atoms with E-state index in [0.717, 1.165) is 26.3 Å². The zero-order valence-electron chi connectivity index (χ0n) is 10.8. The minimum Gasteiger partial charge on any atom is -0.378 e.